The second-order valence-corrected chi connectivity index (χ2v) is 3.54. The van der Waals surface area contributed by atoms with Crippen molar-refractivity contribution in [3.63, 3.8) is 0 Å². The van der Waals surface area contributed by atoms with E-state index in [2.05, 4.69) is 31.7 Å². The van der Waals surface area contributed by atoms with Crippen LogP contribution in [0.15, 0.2) is 13.2 Å². The van der Waals surface area contributed by atoms with Crippen LogP contribution in [0.3, 0.4) is 0 Å². The van der Waals surface area contributed by atoms with Crippen LogP contribution in [0.1, 0.15) is 46.0 Å². The molecule has 3 nitrogen and oxygen atoms in total. The number of rotatable bonds is 1. The van der Waals surface area contributed by atoms with E-state index in [1.807, 2.05) is 0 Å². The van der Waals surface area contributed by atoms with E-state index in [9.17, 15) is 9.59 Å². The molecule has 0 aliphatic heterocycles. The summed E-state index contributed by atoms with van der Waals surface area (Å²) in [5.74, 6) is 0.0698. The van der Waals surface area contributed by atoms with E-state index < -0.39 is 0 Å². The van der Waals surface area contributed by atoms with Gasteiger partial charge in [0.1, 0.15) is 5.78 Å². The number of carbonyl (C=O) groups is 2. The zero-order valence-electron chi connectivity index (χ0n) is 10.8. The van der Waals surface area contributed by atoms with Crippen LogP contribution in [0, 0.1) is 5.92 Å². The molecule has 0 N–H and O–H groups in total. The quantitative estimate of drug-likeness (QED) is 0.511. The van der Waals surface area contributed by atoms with Crippen LogP contribution in [0.4, 0.5) is 0 Å². The van der Waals surface area contributed by atoms with Crippen LogP contribution < -0.4 is 0 Å². The molecule has 1 fully saturated rings. The SMILES string of the molecule is C=C.CCC.COC(=O)C1CCC(=O)CC1. The molecular formula is C13H24O3. The Hall–Kier alpha value is -1.12. The molecule has 1 rings (SSSR count). The Labute approximate surface area is 98.9 Å². The van der Waals surface area contributed by atoms with Gasteiger partial charge in [-0.05, 0) is 12.8 Å². The summed E-state index contributed by atoms with van der Waals surface area (Å²) in [5.41, 5.74) is 0. The third-order valence-electron chi connectivity index (χ3n) is 2.08. The van der Waals surface area contributed by atoms with Gasteiger partial charge < -0.3 is 4.74 Å². The van der Waals surface area contributed by atoms with Crippen molar-refractivity contribution in [2.45, 2.75) is 46.0 Å². The third-order valence-corrected chi connectivity index (χ3v) is 2.08. The minimum absolute atomic E-state index is 0.0299. The summed E-state index contributed by atoms with van der Waals surface area (Å²) in [5, 5.41) is 0. The van der Waals surface area contributed by atoms with Crippen molar-refractivity contribution < 1.29 is 14.3 Å². The van der Waals surface area contributed by atoms with Gasteiger partial charge >= 0.3 is 5.97 Å². The minimum Gasteiger partial charge on any atom is -0.469 e. The Morgan fingerprint density at radius 3 is 2.00 bits per heavy atom. The summed E-state index contributed by atoms with van der Waals surface area (Å²) in [6.07, 6.45) is 3.68. The summed E-state index contributed by atoms with van der Waals surface area (Å²) < 4.78 is 4.57. The highest BCUT2D eigenvalue weighted by Crippen LogP contribution is 2.22. The van der Waals surface area contributed by atoms with Gasteiger partial charge in [-0.3, -0.25) is 9.59 Å². The fourth-order valence-electron chi connectivity index (χ4n) is 1.34. The van der Waals surface area contributed by atoms with E-state index in [1.54, 1.807) is 0 Å². The van der Waals surface area contributed by atoms with Crippen LogP contribution >= 0.6 is 0 Å². The smallest absolute Gasteiger partial charge is 0.308 e. The lowest BCUT2D eigenvalue weighted by molar-refractivity contribution is -0.147. The Balaban J connectivity index is 0. The first-order chi connectivity index (χ1) is 7.65. The standard InChI is InChI=1S/C8H12O3.C3H8.C2H4/c1-11-8(10)6-2-4-7(9)5-3-6;1-3-2;1-2/h6H,2-5H2,1H3;3H2,1-2H3;1-2H2. The van der Waals surface area contributed by atoms with Gasteiger partial charge in [-0.2, -0.15) is 0 Å². The summed E-state index contributed by atoms with van der Waals surface area (Å²) >= 11 is 0. The normalized spacial score (nSPS) is 15.1. The molecule has 0 saturated heterocycles. The molecule has 16 heavy (non-hydrogen) atoms. The molecule has 1 aliphatic carbocycles. The molecule has 0 unspecified atom stereocenters. The lowest BCUT2D eigenvalue weighted by Gasteiger charge is -2.17. The maximum absolute atomic E-state index is 10.9. The molecule has 0 aromatic carbocycles. The van der Waals surface area contributed by atoms with Gasteiger partial charge in [0.25, 0.3) is 0 Å². The second kappa shape index (κ2) is 12.0. The van der Waals surface area contributed by atoms with E-state index in [0.29, 0.717) is 25.7 Å². The molecule has 3 heteroatoms. The maximum atomic E-state index is 10.9. The van der Waals surface area contributed by atoms with Gasteiger partial charge in [0, 0.05) is 12.8 Å². The highest BCUT2D eigenvalue weighted by Gasteiger charge is 2.24. The predicted octanol–water partition coefficient (Wildman–Crippen LogP) is 3.14. The largest absolute Gasteiger partial charge is 0.469 e. The Bertz CT molecular complexity index is 189. The Morgan fingerprint density at radius 1 is 1.31 bits per heavy atom. The summed E-state index contributed by atoms with van der Waals surface area (Å²) in [6, 6.07) is 0. The molecule has 1 saturated carbocycles. The number of ketones is 1. The molecule has 0 aromatic rings. The monoisotopic (exact) mass is 228 g/mol. The lowest BCUT2D eigenvalue weighted by Crippen LogP contribution is -2.22. The van der Waals surface area contributed by atoms with Crippen molar-refractivity contribution in [3.05, 3.63) is 13.2 Å². The van der Waals surface area contributed by atoms with Crippen molar-refractivity contribution >= 4 is 11.8 Å². The van der Waals surface area contributed by atoms with Crippen LogP contribution in [0.5, 0.6) is 0 Å². The third kappa shape index (κ3) is 8.21. The van der Waals surface area contributed by atoms with Crippen molar-refractivity contribution in [2.75, 3.05) is 7.11 Å². The highest BCUT2D eigenvalue weighted by molar-refractivity contribution is 5.82. The van der Waals surface area contributed by atoms with Gasteiger partial charge in [0.05, 0.1) is 13.0 Å². The van der Waals surface area contributed by atoms with E-state index >= 15 is 0 Å². The number of hydrogen-bond donors (Lipinski definition) is 0. The van der Waals surface area contributed by atoms with E-state index in [-0.39, 0.29) is 17.7 Å². The molecular weight excluding hydrogens is 204 g/mol. The molecule has 0 atom stereocenters. The summed E-state index contributed by atoms with van der Waals surface area (Å²) in [6.45, 7) is 10.2. The van der Waals surface area contributed by atoms with Gasteiger partial charge in [-0.25, -0.2) is 0 Å². The fourth-order valence-corrected chi connectivity index (χ4v) is 1.34. The molecule has 0 radical (unpaired) electrons. The van der Waals surface area contributed by atoms with Gasteiger partial charge in [0.15, 0.2) is 0 Å². The topological polar surface area (TPSA) is 43.4 Å². The van der Waals surface area contributed by atoms with Gasteiger partial charge in [-0.15, -0.1) is 13.2 Å². The van der Waals surface area contributed by atoms with Crippen LogP contribution in [-0.4, -0.2) is 18.9 Å². The number of methoxy groups -OCH3 is 1. The van der Waals surface area contributed by atoms with E-state index in [4.69, 9.17) is 0 Å². The minimum atomic E-state index is -0.169. The molecule has 1 aliphatic rings. The number of esters is 1. The first-order valence-corrected chi connectivity index (χ1v) is 5.75. The fraction of sp³-hybridized carbons (Fsp3) is 0.692. The van der Waals surface area contributed by atoms with Gasteiger partial charge in [0.2, 0.25) is 0 Å². The average molecular weight is 228 g/mol. The number of ether oxygens (including phenoxy) is 1. The molecule has 0 aromatic heterocycles. The molecule has 0 amide bonds. The van der Waals surface area contributed by atoms with Crippen molar-refractivity contribution in [2.24, 2.45) is 5.92 Å². The number of carbonyl (C=O) groups excluding carboxylic acids is 2. The molecule has 0 bridgehead atoms. The van der Waals surface area contributed by atoms with Gasteiger partial charge in [-0.1, -0.05) is 20.3 Å². The number of Topliss-reactive ketones (excluding diaryl/α,β-unsaturated/α-hetero) is 1. The molecule has 0 spiro atoms. The predicted molar refractivity (Wildman–Crippen MR) is 66.2 cm³/mol. The summed E-state index contributed by atoms with van der Waals surface area (Å²) in [7, 11) is 1.39. The first-order valence-electron chi connectivity index (χ1n) is 5.75. The Kier molecular flexibility index (Phi) is 12.9. The number of hydrogen-bond acceptors (Lipinski definition) is 3. The zero-order chi connectivity index (χ0) is 13.0. The maximum Gasteiger partial charge on any atom is 0.308 e. The van der Waals surface area contributed by atoms with Crippen molar-refractivity contribution in [3.8, 4) is 0 Å². The molecule has 0 heterocycles. The first kappa shape index (κ1) is 17.3. The van der Waals surface area contributed by atoms with E-state index in [0.717, 1.165) is 0 Å². The Morgan fingerprint density at radius 2 is 1.69 bits per heavy atom. The van der Waals surface area contributed by atoms with E-state index in [1.165, 1.54) is 13.5 Å². The van der Waals surface area contributed by atoms with Crippen molar-refractivity contribution in [1.82, 2.24) is 0 Å². The van der Waals surface area contributed by atoms with Crippen LogP contribution in [0.2, 0.25) is 0 Å². The van der Waals surface area contributed by atoms with Crippen LogP contribution in [-0.2, 0) is 14.3 Å². The zero-order valence-corrected chi connectivity index (χ0v) is 10.8. The summed E-state index contributed by atoms with van der Waals surface area (Å²) in [4.78, 5) is 21.7. The average Bonchev–Trinajstić information content (AvgIpc) is 2.33. The molecule has 94 valence electrons. The highest BCUT2D eigenvalue weighted by atomic mass is 16.5. The lowest BCUT2D eigenvalue weighted by atomic mass is 9.89. The van der Waals surface area contributed by atoms with Crippen molar-refractivity contribution in [1.29, 1.82) is 0 Å². The second-order valence-electron chi connectivity index (χ2n) is 3.54. The van der Waals surface area contributed by atoms with Crippen LogP contribution in [0.25, 0.3) is 0 Å².